The number of phenolic OH excluding ortho intramolecular Hbond substituents is 1. The zero-order chi connectivity index (χ0) is 22.5. The third kappa shape index (κ3) is 5.39. The Bertz CT molecular complexity index is 1150. The second-order valence-corrected chi connectivity index (χ2v) is 7.56. The van der Waals surface area contributed by atoms with Crippen molar-refractivity contribution in [3.05, 3.63) is 65.5 Å². The summed E-state index contributed by atoms with van der Waals surface area (Å²) in [5, 5.41) is 26.5. The molecule has 1 aromatic heterocycles. The molecule has 1 aliphatic carbocycles. The molecule has 1 amide bonds. The van der Waals surface area contributed by atoms with Crippen LogP contribution in [0.3, 0.4) is 0 Å². The summed E-state index contributed by atoms with van der Waals surface area (Å²) < 4.78 is 14.7. The van der Waals surface area contributed by atoms with Gasteiger partial charge in [0.05, 0.1) is 12.1 Å². The molecule has 8 heteroatoms. The number of hydrogen-bond donors (Lipinski definition) is 3. The Hall–Kier alpha value is -3.86. The van der Waals surface area contributed by atoms with Gasteiger partial charge < -0.3 is 15.5 Å². The van der Waals surface area contributed by atoms with Gasteiger partial charge in [0.2, 0.25) is 0 Å². The fourth-order valence-corrected chi connectivity index (χ4v) is 3.27. The molecule has 0 unspecified atom stereocenters. The number of benzene rings is 1. The van der Waals surface area contributed by atoms with Gasteiger partial charge in [-0.2, -0.15) is 9.49 Å². The van der Waals surface area contributed by atoms with Crippen LogP contribution in [0.25, 0.3) is 17.0 Å². The number of carbonyl (C=O) groups excluding carboxylic acids is 1. The maximum absolute atomic E-state index is 13.3. The predicted octanol–water partition coefficient (Wildman–Crippen LogP) is 3.89. The Kier molecular flexibility index (Phi) is 6.55. The van der Waals surface area contributed by atoms with Gasteiger partial charge in [0.15, 0.2) is 11.5 Å². The summed E-state index contributed by atoms with van der Waals surface area (Å²) >= 11 is 0. The van der Waals surface area contributed by atoms with Crippen LogP contribution in [-0.2, 0) is 4.79 Å². The zero-order valence-electron chi connectivity index (χ0n) is 17.1. The molecule has 0 fully saturated rings. The van der Waals surface area contributed by atoms with E-state index in [4.69, 9.17) is 5.11 Å². The van der Waals surface area contributed by atoms with Crippen LogP contribution < -0.4 is 5.32 Å². The quantitative estimate of drug-likeness (QED) is 0.559. The molecule has 0 bridgehead atoms. The monoisotopic (exact) mass is 423 g/mol. The average molecular weight is 423 g/mol. The smallest absolute Gasteiger partial charge is 0.305 e. The lowest BCUT2D eigenvalue weighted by Gasteiger charge is -2.18. The van der Waals surface area contributed by atoms with Crippen LogP contribution >= 0.6 is 0 Å². The number of rotatable bonds is 8. The van der Waals surface area contributed by atoms with E-state index in [1.165, 1.54) is 29.0 Å². The number of amides is 1. The highest BCUT2D eigenvalue weighted by atomic mass is 19.1. The topological polar surface area (TPSA) is 104 Å². The summed E-state index contributed by atoms with van der Waals surface area (Å²) in [6.45, 7) is 3.87. The van der Waals surface area contributed by atoms with Gasteiger partial charge in [0.25, 0.3) is 5.91 Å². The molecule has 31 heavy (non-hydrogen) atoms. The van der Waals surface area contributed by atoms with Crippen LogP contribution in [-0.4, -0.2) is 37.9 Å². The van der Waals surface area contributed by atoms with Gasteiger partial charge in [-0.15, -0.1) is 0 Å². The highest BCUT2D eigenvalue weighted by Crippen LogP contribution is 2.31. The molecule has 3 N–H and O–H groups in total. The number of carboxylic acid groups (broad SMARTS) is 1. The molecule has 3 rings (SSSR count). The molecule has 160 valence electrons. The summed E-state index contributed by atoms with van der Waals surface area (Å²) in [4.78, 5) is 24.0. The van der Waals surface area contributed by atoms with Crippen molar-refractivity contribution in [2.45, 2.75) is 32.7 Å². The van der Waals surface area contributed by atoms with Crippen molar-refractivity contribution in [3.63, 3.8) is 0 Å². The molecule has 0 radical (unpaired) electrons. The van der Waals surface area contributed by atoms with Crippen molar-refractivity contribution in [2.24, 2.45) is 5.92 Å². The Balaban J connectivity index is 2.02. The van der Waals surface area contributed by atoms with E-state index in [1.807, 2.05) is 13.8 Å². The number of allylic oxidation sites excluding steroid dienone is 4. The summed E-state index contributed by atoms with van der Waals surface area (Å²) in [6, 6.07) is 7.46. The molecule has 7 nitrogen and oxygen atoms in total. The minimum atomic E-state index is -1.01. The van der Waals surface area contributed by atoms with E-state index in [2.05, 4.69) is 21.9 Å². The van der Waals surface area contributed by atoms with Gasteiger partial charge >= 0.3 is 5.97 Å². The Morgan fingerprint density at radius 2 is 1.97 bits per heavy atom. The normalized spacial score (nSPS) is 13.7. The summed E-state index contributed by atoms with van der Waals surface area (Å²) in [6.07, 6.45) is 2.90. The first-order valence-corrected chi connectivity index (χ1v) is 9.75. The highest BCUT2D eigenvalue weighted by molar-refractivity contribution is 5.94. The highest BCUT2D eigenvalue weighted by Gasteiger charge is 2.23. The van der Waals surface area contributed by atoms with E-state index in [1.54, 1.807) is 18.2 Å². The van der Waals surface area contributed by atoms with Crippen LogP contribution in [0.5, 0.6) is 5.75 Å². The molecular weight excluding hydrogens is 401 g/mol. The number of para-hydroxylation sites is 1. The first kappa shape index (κ1) is 21.8. The average Bonchev–Trinajstić information content (AvgIpc) is 3.13. The molecular formula is C23H22FN3O4. The lowest BCUT2D eigenvalue weighted by molar-refractivity contribution is -0.137. The lowest BCUT2D eigenvalue weighted by atomic mass is 10.0. The first-order valence-electron chi connectivity index (χ1n) is 9.75. The Morgan fingerprint density at radius 3 is 2.58 bits per heavy atom. The number of hydrogen-bond acceptors (Lipinski definition) is 4. The molecule has 2 aromatic rings. The number of nitrogens with one attached hydrogen (secondary N) is 1. The van der Waals surface area contributed by atoms with Crippen LogP contribution in [0.2, 0.25) is 0 Å². The van der Waals surface area contributed by atoms with Crippen molar-refractivity contribution < 1.29 is 24.2 Å². The number of halogens is 1. The predicted molar refractivity (Wildman–Crippen MR) is 113 cm³/mol. The van der Waals surface area contributed by atoms with Crippen LogP contribution in [0.15, 0.2) is 59.8 Å². The van der Waals surface area contributed by atoms with E-state index in [0.717, 1.165) is 0 Å². The van der Waals surface area contributed by atoms with E-state index in [-0.39, 0.29) is 23.8 Å². The van der Waals surface area contributed by atoms with Crippen LogP contribution in [0.1, 0.15) is 37.2 Å². The number of carboxylic acids is 1. The minimum absolute atomic E-state index is 0.0229. The van der Waals surface area contributed by atoms with E-state index in [0.29, 0.717) is 23.4 Å². The summed E-state index contributed by atoms with van der Waals surface area (Å²) in [7, 11) is 0. The second kappa shape index (κ2) is 9.30. The fourth-order valence-electron chi connectivity index (χ4n) is 3.27. The number of carbonyl (C=O) groups is 2. The minimum Gasteiger partial charge on any atom is -0.507 e. The molecule has 0 aliphatic heterocycles. The number of aromatic hydroxyl groups is 1. The third-order valence-corrected chi connectivity index (χ3v) is 4.56. The Labute approximate surface area is 178 Å². The molecule has 0 saturated carbocycles. The molecule has 1 aromatic carbocycles. The van der Waals surface area contributed by atoms with Gasteiger partial charge in [-0.05, 0) is 54.2 Å². The molecule has 1 atom stereocenters. The standard InChI is InChI=1S/C23H22FN3O4/c1-14(2)11-16(12-22(29)30)25-23(31)19-13-20(18-5-3-4-6-21(18)28)27(26-19)17-9-7-15(24)8-10-17/h3-7,9,13-14,16,28H,11-12H2,1-2H3,(H,25,31)(H,29,30)/t16-/m0/s1. The van der Waals surface area contributed by atoms with Gasteiger partial charge in [0, 0.05) is 11.6 Å². The molecule has 1 aliphatic rings. The molecule has 1 heterocycles. The van der Waals surface area contributed by atoms with Crippen LogP contribution in [0.4, 0.5) is 4.39 Å². The first-order chi connectivity index (χ1) is 14.7. The van der Waals surface area contributed by atoms with E-state index < -0.39 is 23.7 Å². The van der Waals surface area contributed by atoms with Gasteiger partial charge in [0.1, 0.15) is 11.4 Å². The lowest BCUT2D eigenvalue weighted by Crippen LogP contribution is -2.37. The van der Waals surface area contributed by atoms with E-state index >= 15 is 0 Å². The van der Waals surface area contributed by atoms with Gasteiger partial charge in [-0.3, -0.25) is 9.59 Å². The van der Waals surface area contributed by atoms with Gasteiger partial charge in [-0.25, -0.2) is 4.68 Å². The SMILES string of the molecule is CC(C)C[C@@H](CC(=O)O)NC(=O)c1cc(-c2ccccc2O)n(C2=C=C=C(F)C=C2)n1. The summed E-state index contributed by atoms with van der Waals surface area (Å²) in [5.74, 6) is -1.99. The van der Waals surface area contributed by atoms with Gasteiger partial charge in [-0.1, -0.05) is 26.0 Å². The number of aromatic nitrogens is 2. The van der Waals surface area contributed by atoms with Crippen molar-refractivity contribution in [1.29, 1.82) is 0 Å². The summed E-state index contributed by atoms with van der Waals surface area (Å²) in [5.41, 5.74) is 6.11. The van der Waals surface area contributed by atoms with E-state index in [9.17, 15) is 19.1 Å². The fraction of sp³-hybridized carbons (Fsp3) is 0.261. The number of nitrogens with zero attached hydrogens (tertiary/aromatic N) is 2. The zero-order valence-corrected chi connectivity index (χ0v) is 17.1. The Morgan fingerprint density at radius 1 is 1.23 bits per heavy atom. The third-order valence-electron chi connectivity index (χ3n) is 4.56. The van der Waals surface area contributed by atoms with Crippen molar-refractivity contribution >= 4 is 17.6 Å². The van der Waals surface area contributed by atoms with Crippen LogP contribution in [0, 0.1) is 5.92 Å². The number of phenols is 1. The van der Waals surface area contributed by atoms with Crippen molar-refractivity contribution in [2.75, 3.05) is 0 Å². The molecule has 0 spiro atoms. The largest absolute Gasteiger partial charge is 0.507 e. The number of aliphatic carboxylic acids is 1. The maximum Gasteiger partial charge on any atom is 0.305 e. The van der Waals surface area contributed by atoms with Crippen molar-refractivity contribution in [3.8, 4) is 17.0 Å². The second-order valence-electron chi connectivity index (χ2n) is 7.56. The molecule has 0 saturated heterocycles. The maximum atomic E-state index is 13.3. The van der Waals surface area contributed by atoms with Crippen molar-refractivity contribution in [1.82, 2.24) is 15.1 Å².